The molecule has 1 aromatic carbocycles. The van der Waals surface area contributed by atoms with E-state index >= 15 is 0 Å². The third kappa shape index (κ3) is 2.50. The standard InChI is InChI=1S/C17H19N5O/c1-21(10-12-5-6-16-18-7-8-22(16)11-12)17(23)13-3-2-4-15-14(13)9-19-20-15/h2-4,7-9,12H,5-6,10-11H2,1H3,(H,19,20)/t12-/m1/s1. The Morgan fingerprint density at radius 2 is 2.39 bits per heavy atom. The van der Waals surface area contributed by atoms with Crippen molar-refractivity contribution < 1.29 is 4.79 Å². The number of benzene rings is 1. The van der Waals surface area contributed by atoms with Gasteiger partial charge in [0.25, 0.3) is 5.91 Å². The highest BCUT2D eigenvalue weighted by Crippen LogP contribution is 2.22. The first-order chi connectivity index (χ1) is 11.2. The maximum absolute atomic E-state index is 12.8. The lowest BCUT2D eigenvalue weighted by molar-refractivity contribution is 0.0762. The van der Waals surface area contributed by atoms with E-state index in [2.05, 4.69) is 19.7 Å². The Hall–Kier alpha value is -2.63. The summed E-state index contributed by atoms with van der Waals surface area (Å²) in [6.45, 7) is 1.69. The summed E-state index contributed by atoms with van der Waals surface area (Å²) in [4.78, 5) is 19.0. The molecule has 6 nitrogen and oxygen atoms in total. The SMILES string of the molecule is CN(C[C@H]1CCc2nccn2C1)C(=O)c1cccc2[nH]ncc12. The van der Waals surface area contributed by atoms with Crippen LogP contribution < -0.4 is 0 Å². The predicted molar refractivity (Wildman–Crippen MR) is 87.1 cm³/mol. The van der Waals surface area contributed by atoms with E-state index in [4.69, 9.17) is 0 Å². The van der Waals surface area contributed by atoms with E-state index in [1.165, 1.54) is 0 Å². The Labute approximate surface area is 134 Å². The van der Waals surface area contributed by atoms with Crippen molar-refractivity contribution >= 4 is 16.8 Å². The molecule has 118 valence electrons. The second-order valence-corrected chi connectivity index (χ2v) is 6.22. The third-order valence-corrected chi connectivity index (χ3v) is 4.63. The third-order valence-electron chi connectivity index (χ3n) is 4.63. The van der Waals surface area contributed by atoms with E-state index in [-0.39, 0.29) is 5.91 Å². The van der Waals surface area contributed by atoms with Crippen molar-refractivity contribution in [2.24, 2.45) is 5.92 Å². The van der Waals surface area contributed by atoms with Crippen LogP contribution in [0.1, 0.15) is 22.6 Å². The number of aromatic amines is 1. The van der Waals surface area contributed by atoms with Gasteiger partial charge >= 0.3 is 0 Å². The molecule has 6 heteroatoms. The number of amides is 1. The zero-order chi connectivity index (χ0) is 15.8. The number of H-pyrrole nitrogens is 1. The summed E-state index contributed by atoms with van der Waals surface area (Å²) in [5, 5.41) is 7.82. The second-order valence-electron chi connectivity index (χ2n) is 6.22. The Kier molecular flexibility index (Phi) is 3.37. The van der Waals surface area contributed by atoms with E-state index in [1.54, 1.807) is 6.20 Å². The molecule has 4 rings (SSSR count). The highest BCUT2D eigenvalue weighted by atomic mass is 16.2. The number of fused-ring (bicyclic) bond motifs is 2. The molecule has 23 heavy (non-hydrogen) atoms. The fraction of sp³-hybridized carbons (Fsp3) is 0.353. The number of carbonyl (C=O) groups excluding carboxylic acids is 1. The lowest BCUT2D eigenvalue weighted by atomic mass is 9.98. The molecule has 0 unspecified atom stereocenters. The van der Waals surface area contributed by atoms with Crippen LogP contribution in [0.5, 0.6) is 0 Å². The zero-order valence-electron chi connectivity index (χ0n) is 13.1. The molecular formula is C17H19N5O. The van der Waals surface area contributed by atoms with Crippen LogP contribution in [0.2, 0.25) is 0 Å². The minimum Gasteiger partial charge on any atom is -0.341 e. The van der Waals surface area contributed by atoms with Crippen molar-refractivity contribution in [1.82, 2.24) is 24.6 Å². The van der Waals surface area contributed by atoms with Crippen LogP contribution in [-0.2, 0) is 13.0 Å². The van der Waals surface area contributed by atoms with Gasteiger partial charge in [0.2, 0.25) is 0 Å². The molecular weight excluding hydrogens is 290 g/mol. The van der Waals surface area contributed by atoms with E-state index < -0.39 is 0 Å². The minimum absolute atomic E-state index is 0.0495. The van der Waals surface area contributed by atoms with Crippen molar-refractivity contribution in [2.75, 3.05) is 13.6 Å². The zero-order valence-corrected chi connectivity index (χ0v) is 13.1. The number of hydrogen-bond donors (Lipinski definition) is 1. The molecule has 0 radical (unpaired) electrons. The smallest absolute Gasteiger partial charge is 0.254 e. The first-order valence-electron chi connectivity index (χ1n) is 7.90. The molecule has 0 saturated heterocycles. The van der Waals surface area contributed by atoms with Crippen LogP contribution >= 0.6 is 0 Å². The Bertz CT molecular complexity index is 849. The van der Waals surface area contributed by atoms with Gasteiger partial charge in [0.05, 0.1) is 17.3 Å². The van der Waals surface area contributed by atoms with Gasteiger partial charge in [-0.2, -0.15) is 5.10 Å². The average Bonchev–Trinajstić information content (AvgIpc) is 3.21. The van der Waals surface area contributed by atoms with Gasteiger partial charge in [0, 0.05) is 44.3 Å². The number of nitrogens with zero attached hydrogens (tertiary/aromatic N) is 4. The van der Waals surface area contributed by atoms with Crippen LogP contribution in [0.15, 0.2) is 36.8 Å². The molecule has 3 aromatic rings. The van der Waals surface area contributed by atoms with Gasteiger partial charge in [-0.15, -0.1) is 0 Å². The van der Waals surface area contributed by atoms with Crippen LogP contribution in [0, 0.1) is 5.92 Å². The first kappa shape index (κ1) is 14.0. The number of imidazole rings is 1. The van der Waals surface area contributed by atoms with Crippen molar-refractivity contribution in [3.8, 4) is 0 Å². The van der Waals surface area contributed by atoms with Gasteiger partial charge in [0.1, 0.15) is 5.82 Å². The van der Waals surface area contributed by atoms with Gasteiger partial charge in [-0.3, -0.25) is 9.89 Å². The molecule has 1 atom stereocenters. The summed E-state index contributed by atoms with van der Waals surface area (Å²) >= 11 is 0. The van der Waals surface area contributed by atoms with E-state index in [0.29, 0.717) is 11.5 Å². The summed E-state index contributed by atoms with van der Waals surface area (Å²) in [6, 6.07) is 5.69. The van der Waals surface area contributed by atoms with Gasteiger partial charge in [-0.25, -0.2) is 4.98 Å². The molecule has 3 heterocycles. The van der Waals surface area contributed by atoms with Gasteiger partial charge in [-0.1, -0.05) is 6.07 Å². The number of rotatable bonds is 3. The highest BCUT2D eigenvalue weighted by Gasteiger charge is 2.23. The topological polar surface area (TPSA) is 66.8 Å². The lowest BCUT2D eigenvalue weighted by Gasteiger charge is -2.28. The van der Waals surface area contributed by atoms with Crippen LogP contribution in [0.4, 0.5) is 0 Å². The lowest BCUT2D eigenvalue weighted by Crippen LogP contribution is -2.35. The number of carbonyl (C=O) groups is 1. The van der Waals surface area contributed by atoms with Crippen molar-refractivity contribution in [1.29, 1.82) is 0 Å². The van der Waals surface area contributed by atoms with Crippen LogP contribution in [0.25, 0.3) is 10.9 Å². The number of aryl methyl sites for hydroxylation is 1. The van der Waals surface area contributed by atoms with Crippen molar-refractivity contribution in [2.45, 2.75) is 19.4 Å². The fourth-order valence-electron chi connectivity index (χ4n) is 3.42. The Morgan fingerprint density at radius 3 is 3.30 bits per heavy atom. The molecule has 0 fully saturated rings. The summed E-state index contributed by atoms with van der Waals surface area (Å²) in [6.07, 6.45) is 7.65. The molecule has 0 aliphatic carbocycles. The minimum atomic E-state index is 0.0495. The van der Waals surface area contributed by atoms with Crippen LogP contribution in [0.3, 0.4) is 0 Å². The van der Waals surface area contributed by atoms with E-state index in [9.17, 15) is 4.79 Å². The van der Waals surface area contributed by atoms with Gasteiger partial charge < -0.3 is 9.47 Å². The fourth-order valence-corrected chi connectivity index (χ4v) is 3.42. The summed E-state index contributed by atoms with van der Waals surface area (Å²) in [5.74, 6) is 1.67. The second kappa shape index (κ2) is 5.53. The predicted octanol–water partition coefficient (Wildman–Crippen LogP) is 2.09. The Morgan fingerprint density at radius 1 is 1.48 bits per heavy atom. The maximum atomic E-state index is 12.8. The average molecular weight is 309 g/mol. The Balaban J connectivity index is 1.50. The van der Waals surface area contributed by atoms with Crippen molar-refractivity contribution in [3.63, 3.8) is 0 Å². The summed E-state index contributed by atoms with van der Waals surface area (Å²) < 4.78 is 2.20. The van der Waals surface area contributed by atoms with Gasteiger partial charge in [-0.05, 0) is 24.5 Å². The molecule has 1 aliphatic heterocycles. The summed E-state index contributed by atoms with van der Waals surface area (Å²) in [5.41, 5.74) is 1.60. The van der Waals surface area contributed by atoms with E-state index in [1.807, 2.05) is 42.5 Å². The maximum Gasteiger partial charge on any atom is 0.254 e. The molecule has 2 aromatic heterocycles. The van der Waals surface area contributed by atoms with E-state index in [0.717, 1.165) is 42.7 Å². The van der Waals surface area contributed by atoms with Crippen LogP contribution in [-0.4, -0.2) is 44.1 Å². The molecule has 1 aliphatic rings. The number of hydrogen-bond acceptors (Lipinski definition) is 3. The number of nitrogens with one attached hydrogen (secondary N) is 1. The largest absolute Gasteiger partial charge is 0.341 e. The summed E-state index contributed by atoms with van der Waals surface area (Å²) in [7, 11) is 1.88. The molecule has 0 bridgehead atoms. The monoisotopic (exact) mass is 309 g/mol. The number of aromatic nitrogens is 4. The quantitative estimate of drug-likeness (QED) is 0.805. The molecule has 1 amide bonds. The molecule has 0 spiro atoms. The van der Waals surface area contributed by atoms with Crippen molar-refractivity contribution in [3.05, 3.63) is 48.2 Å². The molecule has 1 N–H and O–H groups in total. The first-order valence-corrected chi connectivity index (χ1v) is 7.90. The normalized spacial score (nSPS) is 17.2. The highest BCUT2D eigenvalue weighted by molar-refractivity contribution is 6.05. The molecule has 0 saturated carbocycles. The van der Waals surface area contributed by atoms with Gasteiger partial charge in [0.15, 0.2) is 0 Å².